The molecule has 3 rings (SSSR count). The number of ether oxygens (including phenoxy) is 1. The van der Waals surface area contributed by atoms with Crippen molar-refractivity contribution < 1.29 is 29.3 Å². The van der Waals surface area contributed by atoms with Gasteiger partial charge in [-0.2, -0.15) is 0 Å². The van der Waals surface area contributed by atoms with Crippen molar-refractivity contribution in [3.05, 3.63) is 89.7 Å². The van der Waals surface area contributed by atoms with Crippen LogP contribution in [0.2, 0.25) is 0 Å². The number of hydrogen-bond acceptors (Lipinski definition) is 6. The molecule has 0 radical (unpaired) electrons. The van der Waals surface area contributed by atoms with Crippen LogP contribution < -0.4 is 5.32 Å². The summed E-state index contributed by atoms with van der Waals surface area (Å²) in [7, 11) is 0. The molecule has 2 aromatic carbocycles. The van der Waals surface area contributed by atoms with Crippen molar-refractivity contribution in [2.45, 2.75) is 25.5 Å². The van der Waals surface area contributed by atoms with Crippen molar-refractivity contribution in [3.8, 4) is 11.1 Å². The molecule has 3 N–H and O–H groups in total. The summed E-state index contributed by atoms with van der Waals surface area (Å²) in [5, 5.41) is 22.6. The van der Waals surface area contributed by atoms with Gasteiger partial charge >= 0.3 is 11.9 Å². The smallest absolute Gasteiger partial charge is 0.337 e. The van der Waals surface area contributed by atoms with Crippen LogP contribution >= 0.6 is 0 Å². The topological polar surface area (TPSA) is 126 Å². The second-order valence-electron chi connectivity index (χ2n) is 7.25. The number of benzene rings is 2. The number of aliphatic hydroxyl groups is 1. The number of amides is 1. The lowest BCUT2D eigenvalue weighted by Crippen LogP contribution is -2.49. The van der Waals surface area contributed by atoms with Crippen LogP contribution in [0.4, 0.5) is 0 Å². The lowest BCUT2D eigenvalue weighted by Gasteiger charge is -2.23. The standard InChI is InChI=1S/C25H24N2O6/c1-2-33-25(32)22(28)20(14-16-8-4-3-5-9-16)27-23(29)21-15-17(12-13-26-21)18-10-6-7-11-19(18)24(30)31/h3-13,15,20,22,28H,2,14H2,1H3,(H,27,29)(H,30,31)/t20-,22-/m1/s1. The second-order valence-corrected chi connectivity index (χ2v) is 7.25. The van der Waals surface area contributed by atoms with Crippen LogP contribution in [0.1, 0.15) is 33.3 Å². The first kappa shape index (κ1) is 23.6. The summed E-state index contributed by atoms with van der Waals surface area (Å²) >= 11 is 0. The number of rotatable bonds is 9. The van der Waals surface area contributed by atoms with Crippen LogP contribution in [0.15, 0.2) is 72.9 Å². The summed E-state index contributed by atoms with van der Waals surface area (Å²) in [5.74, 6) is -2.54. The first-order valence-corrected chi connectivity index (χ1v) is 10.4. The van der Waals surface area contributed by atoms with Crippen LogP contribution in [0.3, 0.4) is 0 Å². The van der Waals surface area contributed by atoms with E-state index in [0.717, 1.165) is 5.56 Å². The number of esters is 1. The Bertz CT molecular complexity index is 1130. The van der Waals surface area contributed by atoms with Gasteiger partial charge < -0.3 is 20.3 Å². The average molecular weight is 448 g/mol. The predicted octanol–water partition coefficient (Wildman–Crippen LogP) is 2.71. The second kappa shape index (κ2) is 11.0. The van der Waals surface area contributed by atoms with Gasteiger partial charge in [0.1, 0.15) is 5.69 Å². The number of pyridine rings is 1. The molecule has 8 nitrogen and oxygen atoms in total. The van der Waals surface area contributed by atoms with E-state index in [1.165, 1.54) is 18.3 Å². The van der Waals surface area contributed by atoms with E-state index in [9.17, 15) is 24.6 Å². The zero-order valence-corrected chi connectivity index (χ0v) is 18.0. The third-order valence-electron chi connectivity index (χ3n) is 4.99. The van der Waals surface area contributed by atoms with Crippen molar-refractivity contribution in [2.24, 2.45) is 0 Å². The number of carboxylic acids is 1. The van der Waals surface area contributed by atoms with Gasteiger partial charge in [-0.1, -0.05) is 48.5 Å². The highest BCUT2D eigenvalue weighted by molar-refractivity contribution is 5.98. The highest BCUT2D eigenvalue weighted by Crippen LogP contribution is 2.24. The molecule has 1 heterocycles. The average Bonchev–Trinajstić information content (AvgIpc) is 2.84. The Hall–Kier alpha value is -4.04. The SMILES string of the molecule is CCOC(=O)[C@H](O)[C@@H](Cc1ccccc1)NC(=O)c1cc(-c2ccccc2C(=O)O)ccn1. The molecular formula is C25H24N2O6. The molecular weight excluding hydrogens is 424 g/mol. The molecule has 0 spiro atoms. The Labute approximate surface area is 190 Å². The molecule has 1 amide bonds. The maximum absolute atomic E-state index is 13.0. The first-order chi connectivity index (χ1) is 15.9. The fourth-order valence-electron chi connectivity index (χ4n) is 3.39. The molecule has 0 saturated heterocycles. The minimum atomic E-state index is -1.58. The molecule has 0 fully saturated rings. The summed E-state index contributed by atoms with van der Waals surface area (Å²) in [6.45, 7) is 1.72. The zero-order valence-electron chi connectivity index (χ0n) is 18.0. The van der Waals surface area contributed by atoms with Gasteiger partial charge in [-0.25, -0.2) is 9.59 Å². The van der Waals surface area contributed by atoms with Crippen LogP contribution in [0, 0.1) is 0 Å². The number of aromatic carboxylic acids is 1. The maximum Gasteiger partial charge on any atom is 0.337 e. The van der Waals surface area contributed by atoms with Gasteiger partial charge in [0.25, 0.3) is 5.91 Å². The Morgan fingerprint density at radius 1 is 1.03 bits per heavy atom. The molecule has 170 valence electrons. The lowest BCUT2D eigenvalue weighted by atomic mass is 9.99. The summed E-state index contributed by atoms with van der Waals surface area (Å²) < 4.78 is 4.91. The molecule has 2 atom stereocenters. The Morgan fingerprint density at radius 3 is 2.42 bits per heavy atom. The van der Waals surface area contributed by atoms with Crippen molar-refractivity contribution in [3.63, 3.8) is 0 Å². The van der Waals surface area contributed by atoms with E-state index in [0.29, 0.717) is 11.1 Å². The van der Waals surface area contributed by atoms with Crippen molar-refractivity contribution >= 4 is 17.8 Å². The van der Waals surface area contributed by atoms with Crippen LogP contribution in [-0.4, -0.2) is 51.8 Å². The van der Waals surface area contributed by atoms with E-state index in [1.807, 2.05) is 30.3 Å². The van der Waals surface area contributed by atoms with Gasteiger partial charge in [0.2, 0.25) is 0 Å². The summed E-state index contributed by atoms with van der Waals surface area (Å²) in [4.78, 5) is 40.8. The molecule has 0 aliphatic heterocycles. The van der Waals surface area contributed by atoms with E-state index < -0.39 is 30.0 Å². The maximum atomic E-state index is 13.0. The molecule has 8 heteroatoms. The quantitative estimate of drug-likeness (QED) is 0.430. The number of carbonyl (C=O) groups excluding carboxylic acids is 2. The molecule has 0 aliphatic rings. The van der Waals surface area contributed by atoms with Crippen LogP contribution in [-0.2, 0) is 16.0 Å². The minimum Gasteiger partial charge on any atom is -0.478 e. The van der Waals surface area contributed by atoms with E-state index in [1.54, 1.807) is 31.2 Å². The van der Waals surface area contributed by atoms with Crippen molar-refractivity contribution in [2.75, 3.05) is 6.61 Å². The molecule has 0 unspecified atom stereocenters. The van der Waals surface area contributed by atoms with Gasteiger partial charge in [-0.3, -0.25) is 9.78 Å². The van der Waals surface area contributed by atoms with Gasteiger partial charge in [0, 0.05) is 6.20 Å². The molecule has 3 aromatic rings. The Kier molecular flexibility index (Phi) is 7.88. The third-order valence-corrected chi connectivity index (χ3v) is 4.99. The third kappa shape index (κ3) is 6.02. The number of aliphatic hydroxyl groups excluding tert-OH is 1. The van der Waals surface area contributed by atoms with Gasteiger partial charge in [-0.15, -0.1) is 0 Å². The van der Waals surface area contributed by atoms with Gasteiger partial charge in [0.05, 0.1) is 18.2 Å². The number of carboxylic acid groups (broad SMARTS) is 1. The van der Waals surface area contributed by atoms with Gasteiger partial charge in [-0.05, 0) is 48.2 Å². The van der Waals surface area contributed by atoms with E-state index in [-0.39, 0.29) is 24.3 Å². The van der Waals surface area contributed by atoms with E-state index in [4.69, 9.17) is 4.74 Å². The number of carbonyl (C=O) groups is 3. The van der Waals surface area contributed by atoms with Gasteiger partial charge in [0.15, 0.2) is 6.10 Å². The van der Waals surface area contributed by atoms with Crippen molar-refractivity contribution in [1.29, 1.82) is 0 Å². The molecule has 1 aromatic heterocycles. The Morgan fingerprint density at radius 2 is 1.73 bits per heavy atom. The highest BCUT2D eigenvalue weighted by atomic mass is 16.5. The monoisotopic (exact) mass is 448 g/mol. The molecule has 33 heavy (non-hydrogen) atoms. The highest BCUT2D eigenvalue weighted by Gasteiger charge is 2.29. The zero-order chi connectivity index (χ0) is 23.8. The number of hydrogen-bond donors (Lipinski definition) is 3. The summed E-state index contributed by atoms with van der Waals surface area (Å²) in [6, 6.07) is 17.6. The summed E-state index contributed by atoms with van der Waals surface area (Å²) in [5.41, 5.74) is 1.85. The largest absolute Gasteiger partial charge is 0.478 e. The lowest BCUT2D eigenvalue weighted by molar-refractivity contribution is -0.154. The number of nitrogens with one attached hydrogen (secondary N) is 1. The fourth-order valence-corrected chi connectivity index (χ4v) is 3.39. The van der Waals surface area contributed by atoms with Crippen molar-refractivity contribution in [1.82, 2.24) is 10.3 Å². The predicted molar refractivity (Wildman–Crippen MR) is 121 cm³/mol. The van der Waals surface area contributed by atoms with Crippen LogP contribution in [0.5, 0.6) is 0 Å². The molecule has 0 bridgehead atoms. The minimum absolute atomic E-state index is 0.0156. The molecule has 0 aliphatic carbocycles. The number of nitrogens with zero attached hydrogens (tertiary/aromatic N) is 1. The Balaban J connectivity index is 1.87. The molecule has 0 saturated carbocycles. The first-order valence-electron chi connectivity index (χ1n) is 10.4. The van der Waals surface area contributed by atoms with E-state index >= 15 is 0 Å². The summed E-state index contributed by atoms with van der Waals surface area (Å²) in [6.07, 6.45) is 0.00957. The number of aromatic nitrogens is 1. The normalized spacial score (nSPS) is 12.4. The van der Waals surface area contributed by atoms with Crippen LogP contribution in [0.25, 0.3) is 11.1 Å². The van der Waals surface area contributed by atoms with E-state index in [2.05, 4.69) is 10.3 Å². The fraction of sp³-hybridized carbons (Fsp3) is 0.200.